The van der Waals surface area contributed by atoms with E-state index in [1.165, 1.54) is 12.1 Å². The van der Waals surface area contributed by atoms with Crippen molar-refractivity contribution in [2.45, 2.75) is 58.3 Å². The Bertz CT molecular complexity index is 922. The third-order valence-corrected chi connectivity index (χ3v) is 6.21. The number of piperidine rings is 1. The van der Waals surface area contributed by atoms with Gasteiger partial charge < -0.3 is 19.6 Å². The molecule has 0 saturated carbocycles. The largest absolute Gasteiger partial charge is 0.393 e. The van der Waals surface area contributed by atoms with Crippen LogP contribution in [0.1, 0.15) is 45.1 Å². The van der Waals surface area contributed by atoms with Crippen molar-refractivity contribution in [3.8, 4) is 0 Å². The summed E-state index contributed by atoms with van der Waals surface area (Å²) in [5.74, 6) is 0.439. The maximum atomic E-state index is 13.8. The highest BCUT2D eigenvalue weighted by molar-refractivity contribution is 5.83. The predicted octanol–water partition coefficient (Wildman–Crippen LogP) is 3.50. The van der Waals surface area contributed by atoms with Crippen molar-refractivity contribution in [1.82, 2.24) is 9.88 Å². The Morgan fingerprint density at radius 3 is 2.74 bits per heavy atom. The fourth-order valence-corrected chi connectivity index (χ4v) is 4.48. The Kier molecular flexibility index (Phi) is 6.72. The number of halogens is 1. The summed E-state index contributed by atoms with van der Waals surface area (Å²) < 4.78 is 19.6. The first-order valence-corrected chi connectivity index (χ1v) is 11.3. The summed E-state index contributed by atoms with van der Waals surface area (Å²) in [7, 11) is 0. The number of rotatable bonds is 6. The summed E-state index contributed by atoms with van der Waals surface area (Å²) in [6, 6.07) is 6.65. The monoisotopic (exact) mass is 429 g/mol. The second-order valence-electron chi connectivity index (χ2n) is 9.03. The number of nitrogens with zero attached hydrogens (tertiary/aromatic N) is 3. The molecule has 4 rings (SSSR count). The van der Waals surface area contributed by atoms with Gasteiger partial charge in [0.15, 0.2) is 0 Å². The molecule has 6 nitrogen and oxygen atoms in total. The number of ether oxygens (including phenoxy) is 1. The van der Waals surface area contributed by atoms with Gasteiger partial charge in [-0.25, -0.2) is 9.37 Å². The summed E-state index contributed by atoms with van der Waals surface area (Å²) in [5.41, 5.74) is 1.55. The number of hydrogen-bond donors (Lipinski definition) is 1. The molecule has 1 atom stereocenters. The molecule has 7 heteroatoms. The molecule has 2 aromatic rings. The number of fused-ring (bicyclic) bond motifs is 1. The first-order chi connectivity index (χ1) is 14.9. The van der Waals surface area contributed by atoms with Gasteiger partial charge in [0.05, 0.1) is 17.7 Å². The molecule has 168 valence electrons. The fraction of sp³-hybridized carbons (Fsp3) is 0.583. The Hall–Kier alpha value is -2.25. The quantitative estimate of drug-likeness (QED) is 0.761. The molecule has 0 unspecified atom stereocenters. The molecule has 0 aliphatic carbocycles. The Morgan fingerprint density at radius 1 is 1.29 bits per heavy atom. The number of amides is 1. The smallest absolute Gasteiger partial charge is 0.225 e. The molecular formula is C24H32FN3O3. The predicted molar refractivity (Wildman–Crippen MR) is 118 cm³/mol. The maximum absolute atomic E-state index is 13.8. The van der Waals surface area contributed by atoms with Crippen LogP contribution in [0.2, 0.25) is 0 Å². The van der Waals surface area contributed by atoms with Crippen LogP contribution in [-0.2, 0) is 16.1 Å². The highest BCUT2D eigenvalue weighted by Gasteiger charge is 2.27. The molecule has 1 N–H and O–H groups in total. The van der Waals surface area contributed by atoms with Gasteiger partial charge in [0.2, 0.25) is 5.91 Å². The molecular weight excluding hydrogens is 397 g/mol. The van der Waals surface area contributed by atoms with Crippen LogP contribution in [0.3, 0.4) is 0 Å². The molecule has 2 fully saturated rings. The highest BCUT2D eigenvalue weighted by atomic mass is 19.1. The molecule has 2 aliphatic heterocycles. The summed E-state index contributed by atoms with van der Waals surface area (Å²) >= 11 is 0. The Balaban J connectivity index is 1.69. The van der Waals surface area contributed by atoms with Crippen LogP contribution in [0.15, 0.2) is 24.3 Å². The number of carbonyl (C=O) groups is 1. The minimum absolute atomic E-state index is 0.0683. The number of carbonyl (C=O) groups excluding carboxylic acids is 1. The number of benzene rings is 1. The van der Waals surface area contributed by atoms with Crippen molar-refractivity contribution in [2.75, 3.05) is 31.1 Å². The molecule has 31 heavy (non-hydrogen) atoms. The van der Waals surface area contributed by atoms with Crippen molar-refractivity contribution in [2.24, 2.45) is 5.92 Å². The maximum Gasteiger partial charge on any atom is 0.225 e. The average molecular weight is 430 g/mol. The van der Waals surface area contributed by atoms with Crippen molar-refractivity contribution in [3.63, 3.8) is 0 Å². The highest BCUT2D eigenvalue weighted by Crippen LogP contribution is 2.29. The van der Waals surface area contributed by atoms with Crippen molar-refractivity contribution in [1.29, 1.82) is 0 Å². The van der Waals surface area contributed by atoms with E-state index in [-0.39, 0.29) is 29.9 Å². The molecule has 1 amide bonds. The third-order valence-electron chi connectivity index (χ3n) is 6.21. The van der Waals surface area contributed by atoms with E-state index in [4.69, 9.17) is 9.72 Å². The summed E-state index contributed by atoms with van der Waals surface area (Å²) in [6.45, 7) is 6.96. The van der Waals surface area contributed by atoms with E-state index < -0.39 is 0 Å². The number of pyridine rings is 1. The van der Waals surface area contributed by atoms with Gasteiger partial charge in [-0.15, -0.1) is 0 Å². The number of aliphatic hydroxyl groups excluding tert-OH is 1. The standard InChI is InChI=1S/C24H32FN3O3/c1-16(2)24(30)28(15-21-4-3-11-31-21)14-18-12-17-5-6-19(25)13-22(17)26-23(18)27-9-7-20(29)8-10-27/h5-6,12-13,16,20-21,29H,3-4,7-11,14-15H2,1-2H3/t21-/m0/s1. The van der Waals surface area contributed by atoms with Gasteiger partial charge in [0.1, 0.15) is 11.6 Å². The van der Waals surface area contributed by atoms with Crippen molar-refractivity contribution in [3.05, 3.63) is 35.6 Å². The lowest BCUT2D eigenvalue weighted by Crippen LogP contribution is -2.40. The average Bonchev–Trinajstić information content (AvgIpc) is 3.26. The fourth-order valence-electron chi connectivity index (χ4n) is 4.48. The van der Waals surface area contributed by atoms with Crippen LogP contribution >= 0.6 is 0 Å². The van der Waals surface area contributed by atoms with Crippen molar-refractivity contribution < 1.29 is 19.0 Å². The molecule has 0 radical (unpaired) electrons. The first kappa shape index (κ1) is 22.0. The van der Waals surface area contributed by atoms with Crippen molar-refractivity contribution >= 4 is 22.6 Å². The molecule has 2 aliphatic rings. The van der Waals surface area contributed by atoms with Gasteiger partial charge in [-0.3, -0.25) is 4.79 Å². The molecule has 0 spiro atoms. The van der Waals surface area contributed by atoms with Gasteiger partial charge in [-0.2, -0.15) is 0 Å². The van der Waals surface area contributed by atoms with E-state index in [1.54, 1.807) is 6.07 Å². The van der Waals surface area contributed by atoms with E-state index in [0.717, 1.165) is 36.2 Å². The van der Waals surface area contributed by atoms with Crippen LogP contribution in [0.25, 0.3) is 10.9 Å². The zero-order valence-corrected chi connectivity index (χ0v) is 18.4. The van der Waals surface area contributed by atoms with E-state index in [2.05, 4.69) is 4.90 Å². The summed E-state index contributed by atoms with van der Waals surface area (Å²) in [6.07, 6.45) is 3.11. The van der Waals surface area contributed by atoms with Gasteiger partial charge in [-0.1, -0.05) is 13.8 Å². The molecule has 3 heterocycles. The van der Waals surface area contributed by atoms with Crippen LogP contribution in [0.5, 0.6) is 0 Å². The molecule has 1 aromatic carbocycles. The number of anilines is 1. The summed E-state index contributed by atoms with van der Waals surface area (Å²) in [4.78, 5) is 21.9. The minimum atomic E-state index is -0.317. The summed E-state index contributed by atoms with van der Waals surface area (Å²) in [5, 5.41) is 10.8. The lowest BCUT2D eigenvalue weighted by atomic mass is 10.0. The molecule has 1 aromatic heterocycles. The van der Waals surface area contributed by atoms with Gasteiger partial charge >= 0.3 is 0 Å². The molecule has 0 bridgehead atoms. The molecule has 2 saturated heterocycles. The zero-order valence-electron chi connectivity index (χ0n) is 18.4. The van der Waals surface area contributed by atoms with E-state index in [1.807, 2.05) is 24.8 Å². The number of hydrogen-bond acceptors (Lipinski definition) is 5. The van der Waals surface area contributed by atoms with E-state index in [0.29, 0.717) is 44.5 Å². The van der Waals surface area contributed by atoms with Crippen LogP contribution < -0.4 is 4.90 Å². The number of aromatic nitrogens is 1. The number of aliphatic hydroxyl groups is 1. The Labute approximate surface area is 183 Å². The topological polar surface area (TPSA) is 65.9 Å². The van der Waals surface area contributed by atoms with Crippen LogP contribution in [0.4, 0.5) is 10.2 Å². The zero-order chi connectivity index (χ0) is 22.0. The Morgan fingerprint density at radius 2 is 2.06 bits per heavy atom. The minimum Gasteiger partial charge on any atom is -0.393 e. The lowest BCUT2D eigenvalue weighted by Gasteiger charge is -2.34. The van der Waals surface area contributed by atoms with Gasteiger partial charge in [0, 0.05) is 55.7 Å². The second kappa shape index (κ2) is 9.49. The first-order valence-electron chi connectivity index (χ1n) is 11.3. The van der Waals surface area contributed by atoms with Gasteiger partial charge in [-0.05, 0) is 43.9 Å². The van der Waals surface area contributed by atoms with Gasteiger partial charge in [0.25, 0.3) is 0 Å². The van der Waals surface area contributed by atoms with E-state index in [9.17, 15) is 14.3 Å². The SMILES string of the molecule is CC(C)C(=O)N(Cc1cc2ccc(F)cc2nc1N1CCC(O)CC1)C[C@@H]1CCCO1. The lowest BCUT2D eigenvalue weighted by molar-refractivity contribution is -0.136. The normalized spacial score (nSPS) is 20.0. The van der Waals surface area contributed by atoms with Crippen LogP contribution in [-0.4, -0.2) is 59.3 Å². The third kappa shape index (κ3) is 5.15. The van der Waals surface area contributed by atoms with Crippen LogP contribution in [0, 0.1) is 11.7 Å². The van der Waals surface area contributed by atoms with E-state index >= 15 is 0 Å². The second-order valence-corrected chi connectivity index (χ2v) is 9.03.